The van der Waals surface area contributed by atoms with Gasteiger partial charge in [-0.1, -0.05) is 28.8 Å². The van der Waals surface area contributed by atoms with Crippen molar-refractivity contribution in [3.63, 3.8) is 0 Å². The van der Waals surface area contributed by atoms with Crippen LogP contribution in [0.2, 0.25) is 0 Å². The molecule has 1 atom stereocenters. The van der Waals surface area contributed by atoms with Crippen LogP contribution in [-0.4, -0.2) is 34.5 Å². The zero-order chi connectivity index (χ0) is 14.1. The summed E-state index contributed by atoms with van der Waals surface area (Å²) < 4.78 is 5.58. The van der Waals surface area contributed by atoms with E-state index in [1.807, 2.05) is 25.7 Å². The molecule has 0 radical (unpaired) electrons. The van der Waals surface area contributed by atoms with Gasteiger partial charge in [-0.15, -0.1) is 0 Å². The third kappa shape index (κ3) is 3.65. The fourth-order valence-corrected chi connectivity index (χ4v) is 4.10. The molecule has 1 saturated carbocycles. The highest BCUT2D eigenvalue weighted by Crippen LogP contribution is 2.46. The average Bonchev–Trinajstić information content (AvgIpc) is 2.75. The maximum atomic E-state index is 12.4. The van der Waals surface area contributed by atoms with Crippen molar-refractivity contribution in [1.82, 2.24) is 4.90 Å². The van der Waals surface area contributed by atoms with Crippen molar-refractivity contribution in [1.29, 1.82) is 0 Å². The summed E-state index contributed by atoms with van der Waals surface area (Å²) >= 11 is 3.55. The van der Waals surface area contributed by atoms with E-state index in [1.165, 1.54) is 32.1 Å². The van der Waals surface area contributed by atoms with Crippen LogP contribution in [0.25, 0.3) is 0 Å². The van der Waals surface area contributed by atoms with Crippen LogP contribution in [0.3, 0.4) is 0 Å². The van der Waals surface area contributed by atoms with E-state index in [0.29, 0.717) is 11.5 Å². The van der Waals surface area contributed by atoms with Crippen molar-refractivity contribution in [3.8, 4) is 0 Å². The zero-order valence-corrected chi connectivity index (χ0v) is 14.0. The summed E-state index contributed by atoms with van der Waals surface area (Å²) in [7, 11) is 0. The van der Waals surface area contributed by atoms with Crippen LogP contribution in [0.1, 0.15) is 59.3 Å². The molecule has 4 heteroatoms. The van der Waals surface area contributed by atoms with Gasteiger partial charge < -0.3 is 9.64 Å². The standard InChI is InChI=1S/C15H26BrNO2/c1-14(2,3)19-13(18)17-11-15(7-4-5-8-15)9-6-12(17)10-16/h12H,4-11H2,1-3H3. The number of piperidine rings is 1. The number of carbonyl (C=O) groups is 1. The minimum Gasteiger partial charge on any atom is -0.444 e. The molecule has 1 spiro atoms. The van der Waals surface area contributed by atoms with E-state index in [4.69, 9.17) is 4.74 Å². The topological polar surface area (TPSA) is 29.5 Å². The number of ether oxygens (including phenoxy) is 1. The van der Waals surface area contributed by atoms with Crippen molar-refractivity contribution in [3.05, 3.63) is 0 Å². The molecule has 1 saturated heterocycles. The number of alkyl halides is 1. The van der Waals surface area contributed by atoms with Gasteiger partial charge in [0.1, 0.15) is 5.60 Å². The minimum atomic E-state index is -0.408. The maximum Gasteiger partial charge on any atom is 0.410 e. The second kappa shape index (κ2) is 5.63. The molecule has 0 N–H and O–H groups in total. The normalized spacial score (nSPS) is 26.7. The van der Waals surface area contributed by atoms with E-state index in [9.17, 15) is 4.79 Å². The maximum absolute atomic E-state index is 12.4. The van der Waals surface area contributed by atoms with E-state index in [1.54, 1.807) is 0 Å². The Bertz CT molecular complexity index is 332. The molecule has 0 bridgehead atoms. The number of hydrogen-bond donors (Lipinski definition) is 0. The van der Waals surface area contributed by atoms with Crippen LogP contribution >= 0.6 is 15.9 Å². The highest BCUT2D eigenvalue weighted by atomic mass is 79.9. The lowest BCUT2D eigenvalue weighted by molar-refractivity contribution is -0.00848. The smallest absolute Gasteiger partial charge is 0.410 e. The average molecular weight is 332 g/mol. The molecule has 3 nitrogen and oxygen atoms in total. The fourth-order valence-electron chi connectivity index (χ4n) is 3.43. The lowest BCUT2D eigenvalue weighted by Gasteiger charge is -2.45. The molecule has 19 heavy (non-hydrogen) atoms. The van der Waals surface area contributed by atoms with Gasteiger partial charge in [-0.2, -0.15) is 0 Å². The van der Waals surface area contributed by atoms with E-state index in [0.717, 1.165) is 18.3 Å². The Labute approximate surface area is 125 Å². The molecule has 110 valence electrons. The summed E-state index contributed by atoms with van der Waals surface area (Å²) in [5, 5.41) is 0.850. The quantitative estimate of drug-likeness (QED) is 0.669. The first-order chi connectivity index (χ1) is 8.85. The Morgan fingerprint density at radius 3 is 2.47 bits per heavy atom. The largest absolute Gasteiger partial charge is 0.444 e. The van der Waals surface area contributed by atoms with E-state index in [-0.39, 0.29) is 6.09 Å². The predicted octanol–water partition coefficient (Wildman–Crippen LogP) is 4.34. The minimum absolute atomic E-state index is 0.136. The van der Waals surface area contributed by atoms with E-state index < -0.39 is 5.60 Å². The van der Waals surface area contributed by atoms with Crippen molar-refractivity contribution in [2.75, 3.05) is 11.9 Å². The Kier molecular flexibility index (Phi) is 4.49. The van der Waals surface area contributed by atoms with Gasteiger partial charge in [0, 0.05) is 17.9 Å². The van der Waals surface area contributed by atoms with Gasteiger partial charge in [0.15, 0.2) is 0 Å². The van der Waals surface area contributed by atoms with Gasteiger partial charge in [-0.3, -0.25) is 0 Å². The highest BCUT2D eigenvalue weighted by Gasteiger charge is 2.43. The summed E-state index contributed by atoms with van der Waals surface area (Å²) in [6.45, 7) is 6.69. The summed E-state index contributed by atoms with van der Waals surface area (Å²) in [6, 6.07) is 0.293. The lowest BCUT2D eigenvalue weighted by atomic mass is 9.77. The SMILES string of the molecule is CC(C)(C)OC(=O)N1CC2(CCCC2)CCC1CBr. The van der Waals surface area contributed by atoms with E-state index in [2.05, 4.69) is 15.9 Å². The second-order valence-corrected chi connectivity index (χ2v) is 7.81. The number of carbonyl (C=O) groups excluding carboxylic acids is 1. The third-order valence-corrected chi connectivity index (χ3v) is 5.17. The van der Waals surface area contributed by atoms with Crippen molar-refractivity contribution >= 4 is 22.0 Å². The molecule has 1 heterocycles. The van der Waals surface area contributed by atoms with Crippen LogP contribution in [0.5, 0.6) is 0 Å². The van der Waals surface area contributed by atoms with Gasteiger partial charge >= 0.3 is 6.09 Å². The Morgan fingerprint density at radius 2 is 1.95 bits per heavy atom. The predicted molar refractivity (Wildman–Crippen MR) is 80.7 cm³/mol. The molecule has 2 rings (SSSR count). The Hall–Kier alpha value is -0.250. The van der Waals surface area contributed by atoms with Crippen molar-refractivity contribution < 1.29 is 9.53 Å². The number of rotatable bonds is 1. The fraction of sp³-hybridized carbons (Fsp3) is 0.933. The van der Waals surface area contributed by atoms with Crippen LogP contribution in [0, 0.1) is 5.41 Å². The molecule has 0 aromatic carbocycles. The van der Waals surface area contributed by atoms with Gasteiger partial charge in [-0.05, 0) is 51.9 Å². The number of halogens is 1. The number of hydrogen-bond acceptors (Lipinski definition) is 2. The second-order valence-electron chi connectivity index (χ2n) is 7.16. The molecule has 1 aliphatic carbocycles. The highest BCUT2D eigenvalue weighted by molar-refractivity contribution is 9.09. The van der Waals surface area contributed by atoms with Crippen molar-refractivity contribution in [2.24, 2.45) is 5.41 Å². The number of likely N-dealkylation sites (tertiary alicyclic amines) is 1. The van der Waals surface area contributed by atoms with Crippen LogP contribution in [-0.2, 0) is 4.74 Å². The third-order valence-electron chi connectivity index (χ3n) is 4.42. The Morgan fingerprint density at radius 1 is 1.32 bits per heavy atom. The molecule has 1 amide bonds. The molecular weight excluding hydrogens is 306 g/mol. The molecule has 2 fully saturated rings. The summed E-state index contributed by atoms with van der Waals surface area (Å²) in [6.07, 6.45) is 7.43. The molecule has 0 aromatic rings. The monoisotopic (exact) mass is 331 g/mol. The Balaban J connectivity index is 2.07. The van der Waals surface area contributed by atoms with Crippen LogP contribution in [0.4, 0.5) is 4.79 Å². The van der Waals surface area contributed by atoms with Gasteiger partial charge in [0.25, 0.3) is 0 Å². The number of nitrogens with zero attached hydrogens (tertiary/aromatic N) is 1. The molecular formula is C15H26BrNO2. The lowest BCUT2D eigenvalue weighted by Crippen LogP contribution is -2.52. The van der Waals surface area contributed by atoms with Gasteiger partial charge in [0.05, 0.1) is 0 Å². The first kappa shape index (κ1) is 15.1. The van der Waals surface area contributed by atoms with Gasteiger partial charge in [0.2, 0.25) is 0 Å². The van der Waals surface area contributed by atoms with E-state index >= 15 is 0 Å². The first-order valence-corrected chi connectivity index (χ1v) is 8.53. The first-order valence-electron chi connectivity index (χ1n) is 7.41. The van der Waals surface area contributed by atoms with Crippen LogP contribution < -0.4 is 0 Å². The molecule has 2 aliphatic rings. The van der Waals surface area contributed by atoms with Gasteiger partial charge in [-0.25, -0.2) is 4.79 Å². The molecule has 1 aliphatic heterocycles. The summed E-state index contributed by atoms with van der Waals surface area (Å²) in [4.78, 5) is 14.4. The van der Waals surface area contributed by atoms with Crippen LogP contribution in [0.15, 0.2) is 0 Å². The summed E-state index contributed by atoms with van der Waals surface area (Å²) in [5.41, 5.74) is -0.0240. The molecule has 1 unspecified atom stereocenters. The summed E-state index contributed by atoms with van der Waals surface area (Å²) in [5.74, 6) is 0. The molecule has 0 aromatic heterocycles. The van der Waals surface area contributed by atoms with Crippen molar-refractivity contribution in [2.45, 2.75) is 70.9 Å². The number of amides is 1. The zero-order valence-electron chi connectivity index (χ0n) is 12.4.